The molecular formula is C22H28N5O+. The zero-order valence-corrected chi connectivity index (χ0v) is 16.7. The van der Waals surface area contributed by atoms with Crippen molar-refractivity contribution in [2.24, 2.45) is 10.3 Å². The highest BCUT2D eigenvalue weighted by Gasteiger charge is 2.31. The highest BCUT2D eigenvalue weighted by molar-refractivity contribution is 5.51. The summed E-state index contributed by atoms with van der Waals surface area (Å²) in [6.07, 6.45) is 10.8. The second-order valence-corrected chi connectivity index (χ2v) is 6.92. The molecule has 2 aliphatic rings. The van der Waals surface area contributed by atoms with Gasteiger partial charge in [-0.25, -0.2) is 0 Å². The van der Waals surface area contributed by atoms with Crippen LogP contribution in [-0.4, -0.2) is 47.1 Å². The van der Waals surface area contributed by atoms with E-state index in [1.165, 1.54) is 5.56 Å². The molecule has 1 fully saturated rings. The van der Waals surface area contributed by atoms with Gasteiger partial charge in [-0.05, 0) is 43.5 Å². The highest BCUT2D eigenvalue weighted by atomic mass is 16.5. The first kappa shape index (κ1) is 20.0. The molecule has 2 aliphatic heterocycles. The number of ether oxygens (including phenoxy) is 1. The number of likely N-dealkylation sites (tertiary alicyclic amines) is 1. The van der Waals surface area contributed by atoms with Crippen molar-refractivity contribution >= 4 is 6.72 Å². The van der Waals surface area contributed by atoms with E-state index in [2.05, 4.69) is 45.7 Å². The smallest absolute Gasteiger partial charge is 0.257 e. The van der Waals surface area contributed by atoms with Gasteiger partial charge >= 0.3 is 0 Å². The first-order chi connectivity index (χ1) is 13.6. The Labute approximate surface area is 166 Å². The number of allylic oxidation sites excluding steroid dienone is 4. The fraction of sp³-hybridized carbons (Fsp3) is 0.364. The van der Waals surface area contributed by atoms with Crippen molar-refractivity contribution in [2.75, 3.05) is 19.7 Å². The van der Waals surface area contributed by atoms with Gasteiger partial charge in [-0.15, -0.1) is 4.68 Å². The van der Waals surface area contributed by atoms with Gasteiger partial charge in [-0.3, -0.25) is 9.88 Å². The van der Waals surface area contributed by atoms with Crippen molar-refractivity contribution < 1.29 is 9.42 Å². The van der Waals surface area contributed by atoms with E-state index in [1.54, 1.807) is 4.68 Å². The molecule has 0 radical (unpaired) electrons. The molecule has 0 N–H and O–H groups in total. The molecule has 1 atom stereocenters. The van der Waals surface area contributed by atoms with Crippen molar-refractivity contribution in [3.05, 3.63) is 77.4 Å². The Balaban J connectivity index is 1.61. The minimum atomic E-state index is 0.192. The molecule has 146 valence electrons. The lowest BCUT2D eigenvalue weighted by Crippen LogP contribution is -2.24. The van der Waals surface area contributed by atoms with E-state index in [4.69, 9.17) is 4.74 Å². The maximum absolute atomic E-state index is 6.20. The normalized spacial score (nSPS) is 20.7. The van der Waals surface area contributed by atoms with Gasteiger partial charge in [0.05, 0.1) is 17.9 Å². The van der Waals surface area contributed by atoms with Crippen LogP contribution in [0.25, 0.3) is 0 Å². The Bertz CT molecular complexity index is 851. The minimum absolute atomic E-state index is 0.192. The van der Waals surface area contributed by atoms with Gasteiger partial charge in [0.2, 0.25) is 5.70 Å². The number of nitrogens with zero attached hydrogens (tertiary/aromatic N) is 5. The lowest BCUT2D eigenvalue weighted by molar-refractivity contribution is -0.479. The van der Waals surface area contributed by atoms with Gasteiger partial charge in [0.1, 0.15) is 11.8 Å². The fourth-order valence-electron chi connectivity index (χ4n) is 3.47. The van der Waals surface area contributed by atoms with E-state index < -0.39 is 0 Å². The molecule has 0 aliphatic carbocycles. The molecule has 1 aromatic rings. The van der Waals surface area contributed by atoms with Crippen LogP contribution in [0.2, 0.25) is 0 Å². The standard InChI is InChI=1S/C22H28N5O/c1-5-7-17(3)20(6-2)22-21(26(4)25-24-22)16-28-19-10-13-27(15-19)14-18-8-11-23-12-9-18/h5-9,11-12,19H,3-4,10,13-16H2,1-2H3/q+1. The molecule has 28 heavy (non-hydrogen) atoms. The van der Waals surface area contributed by atoms with Gasteiger partial charge in [0.15, 0.2) is 0 Å². The van der Waals surface area contributed by atoms with Gasteiger partial charge < -0.3 is 4.74 Å². The molecule has 6 nitrogen and oxygen atoms in total. The summed E-state index contributed by atoms with van der Waals surface area (Å²) in [7, 11) is 0. The first-order valence-electron chi connectivity index (χ1n) is 9.59. The van der Waals surface area contributed by atoms with Gasteiger partial charge in [0, 0.05) is 37.6 Å². The molecule has 1 unspecified atom stereocenters. The molecular weight excluding hydrogens is 350 g/mol. The molecule has 0 spiro atoms. The quantitative estimate of drug-likeness (QED) is 0.506. The lowest BCUT2D eigenvalue weighted by atomic mass is 10.0. The van der Waals surface area contributed by atoms with Crippen LogP contribution in [0.1, 0.15) is 25.8 Å². The zero-order chi connectivity index (χ0) is 19.9. The Morgan fingerprint density at radius 1 is 1.36 bits per heavy atom. The summed E-state index contributed by atoms with van der Waals surface area (Å²) in [6.45, 7) is 15.3. The molecule has 3 heterocycles. The summed E-state index contributed by atoms with van der Waals surface area (Å²) < 4.78 is 7.75. The third-order valence-corrected chi connectivity index (χ3v) is 4.94. The number of hydrogen-bond donors (Lipinski definition) is 0. The topological polar surface area (TPSA) is 53.1 Å². The van der Waals surface area contributed by atoms with E-state index in [0.717, 1.165) is 48.6 Å². The molecule has 0 bridgehead atoms. The molecule has 0 amide bonds. The zero-order valence-electron chi connectivity index (χ0n) is 16.7. The molecule has 0 aromatic carbocycles. The SMILES string of the molecule is C=C(C=CC)C(=CC)C1=C(COC2CCN(Cc3ccncc3)C2)[N+](=C)N=N1. The van der Waals surface area contributed by atoms with Gasteiger partial charge in [0.25, 0.3) is 5.70 Å². The van der Waals surface area contributed by atoms with Crippen molar-refractivity contribution in [3.8, 4) is 0 Å². The predicted molar refractivity (Wildman–Crippen MR) is 111 cm³/mol. The summed E-state index contributed by atoms with van der Waals surface area (Å²) in [5, 5.41) is 8.39. The third kappa shape index (κ3) is 4.77. The maximum Gasteiger partial charge on any atom is 0.257 e. The van der Waals surface area contributed by atoms with Crippen LogP contribution in [0.5, 0.6) is 0 Å². The fourth-order valence-corrected chi connectivity index (χ4v) is 3.47. The Morgan fingerprint density at radius 2 is 2.14 bits per heavy atom. The maximum atomic E-state index is 6.20. The molecule has 0 saturated carbocycles. The van der Waals surface area contributed by atoms with Crippen molar-refractivity contribution in [1.82, 2.24) is 9.88 Å². The highest BCUT2D eigenvalue weighted by Crippen LogP contribution is 2.29. The summed E-state index contributed by atoms with van der Waals surface area (Å²) in [5.41, 5.74) is 4.78. The molecule has 3 rings (SSSR count). The van der Waals surface area contributed by atoms with Crippen LogP contribution in [0.3, 0.4) is 0 Å². The van der Waals surface area contributed by atoms with Gasteiger partial charge in [-0.2, -0.15) is 0 Å². The van der Waals surface area contributed by atoms with Crippen LogP contribution in [0.4, 0.5) is 0 Å². The summed E-state index contributed by atoms with van der Waals surface area (Å²) in [6, 6.07) is 4.12. The monoisotopic (exact) mass is 378 g/mol. The van der Waals surface area contributed by atoms with E-state index in [9.17, 15) is 0 Å². The van der Waals surface area contributed by atoms with Gasteiger partial charge in [-0.1, -0.05) is 24.8 Å². The van der Waals surface area contributed by atoms with E-state index in [-0.39, 0.29) is 6.10 Å². The lowest BCUT2D eigenvalue weighted by Gasteiger charge is -2.16. The predicted octanol–water partition coefficient (Wildman–Crippen LogP) is 4.06. The second kappa shape index (κ2) is 9.48. The van der Waals surface area contributed by atoms with E-state index in [1.807, 2.05) is 44.5 Å². The average molecular weight is 379 g/mol. The van der Waals surface area contributed by atoms with Crippen molar-refractivity contribution in [3.63, 3.8) is 0 Å². The van der Waals surface area contributed by atoms with E-state index in [0.29, 0.717) is 6.61 Å². The molecule has 1 saturated heterocycles. The molecule has 1 aromatic heterocycles. The van der Waals surface area contributed by atoms with Crippen LogP contribution < -0.4 is 0 Å². The van der Waals surface area contributed by atoms with Crippen LogP contribution in [-0.2, 0) is 11.3 Å². The van der Waals surface area contributed by atoms with Crippen molar-refractivity contribution in [2.45, 2.75) is 32.9 Å². The first-order valence-corrected chi connectivity index (χ1v) is 9.59. The Hall–Kier alpha value is -2.70. The minimum Gasteiger partial charge on any atom is -0.368 e. The van der Waals surface area contributed by atoms with E-state index >= 15 is 0 Å². The number of pyridine rings is 1. The largest absolute Gasteiger partial charge is 0.368 e. The number of rotatable bonds is 8. The van der Waals surface area contributed by atoms with Crippen LogP contribution >= 0.6 is 0 Å². The summed E-state index contributed by atoms with van der Waals surface area (Å²) >= 11 is 0. The summed E-state index contributed by atoms with van der Waals surface area (Å²) in [5.74, 6) is 0. The summed E-state index contributed by atoms with van der Waals surface area (Å²) in [4.78, 5) is 6.48. The number of aromatic nitrogens is 1. The Morgan fingerprint density at radius 3 is 2.86 bits per heavy atom. The van der Waals surface area contributed by atoms with Crippen LogP contribution in [0, 0.1) is 0 Å². The second-order valence-electron chi connectivity index (χ2n) is 6.92. The van der Waals surface area contributed by atoms with Crippen molar-refractivity contribution in [1.29, 1.82) is 0 Å². The third-order valence-electron chi connectivity index (χ3n) is 4.94. The average Bonchev–Trinajstić information content (AvgIpc) is 3.28. The molecule has 6 heteroatoms. The Kier molecular flexibility index (Phi) is 6.79. The number of hydrogen-bond acceptors (Lipinski definition) is 5. The van der Waals surface area contributed by atoms with Crippen LogP contribution in [0.15, 0.2) is 82.2 Å².